The van der Waals surface area contributed by atoms with Gasteiger partial charge in [0.05, 0.1) is 11.0 Å². The predicted octanol–water partition coefficient (Wildman–Crippen LogP) is 2.09. The van der Waals surface area contributed by atoms with Crippen molar-refractivity contribution in [2.45, 2.75) is 19.4 Å². The molecule has 0 fully saturated rings. The number of hydrogen-bond donors (Lipinski definition) is 2. The van der Waals surface area contributed by atoms with E-state index in [2.05, 4.69) is 40.2 Å². The molecular weight excluding hydrogens is 300 g/mol. The van der Waals surface area contributed by atoms with Crippen LogP contribution in [-0.2, 0) is 17.8 Å². The zero-order valence-corrected chi connectivity index (χ0v) is 13.6. The van der Waals surface area contributed by atoms with Gasteiger partial charge in [0.15, 0.2) is 0 Å². The Bertz CT molecular complexity index is 811. The van der Waals surface area contributed by atoms with Crippen LogP contribution in [0.25, 0.3) is 11.0 Å². The Kier molecular flexibility index (Phi) is 5.23. The van der Waals surface area contributed by atoms with Crippen molar-refractivity contribution in [2.75, 3.05) is 13.1 Å². The molecule has 1 heterocycles. The summed E-state index contributed by atoms with van der Waals surface area (Å²) in [6.07, 6.45) is 1.17. The normalized spacial score (nSPS) is 11.0. The van der Waals surface area contributed by atoms with Crippen molar-refractivity contribution in [3.05, 3.63) is 66.0 Å². The van der Waals surface area contributed by atoms with Crippen molar-refractivity contribution in [2.24, 2.45) is 5.73 Å². The maximum atomic E-state index is 10.8. The van der Waals surface area contributed by atoms with Gasteiger partial charge in [0, 0.05) is 32.5 Å². The van der Waals surface area contributed by atoms with Crippen LogP contribution in [0.5, 0.6) is 0 Å². The number of fused-ring (bicyclic) bond motifs is 1. The van der Waals surface area contributed by atoms with Crippen molar-refractivity contribution in [1.82, 2.24) is 14.9 Å². The minimum atomic E-state index is -0.279. The molecule has 3 N–H and O–H groups in total. The van der Waals surface area contributed by atoms with E-state index >= 15 is 0 Å². The first kappa shape index (κ1) is 16.2. The summed E-state index contributed by atoms with van der Waals surface area (Å²) in [5.41, 5.74) is 8.57. The number of carbonyl (C=O) groups excluding carboxylic acids is 1. The number of imidazole rings is 1. The maximum absolute atomic E-state index is 10.8. The van der Waals surface area contributed by atoms with Gasteiger partial charge in [-0.3, -0.25) is 4.79 Å². The molecule has 1 aromatic heterocycles. The summed E-state index contributed by atoms with van der Waals surface area (Å²) in [5.74, 6) is 0.769. The molecule has 0 aliphatic heterocycles. The van der Waals surface area contributed by atoms with Gasteiger partial charge in [-0.15, -0.1) is 0 Å². The molecular formula is C19H22N4O. The second kappa shape index (κ2) is 7.75. The Morgan fingerprint density at radius 3 is 2.58 bits per heavy atom. The molecule has 0 saturated heterocycles. The molecule has 124 valence electrons. The molecule has 0 radical (unpaired) electrons. The fraction of sp³-hybridized carbons (Fsp3) is 0.263. The van der Waals surface area contributed by atoms with Gasteiger partial charge in [-0.05, 0) is 17.7 Å². The highest BCUT2D eigenvalue weighted by molar-refractivity contribution is 5.76. The summed E-state index contributed by atoms with van der Waals surface area (Å²) in [5, 5.41) is 3.25. The van der Waals surface area contributed by atoms with Crippen LogP contribution in [0.1, 0.15) is 17.8 Å². The second-order valence-corrected chi connectivity index (χ2v) is 5.80. The quantitative estimate of drug-likeness (QED) is 0.624. The van der Waals surface area contributed by atoms with E-state index in [-0.39, 0.29) is 5.91 Å². The van der Waals surface area contributed by atoms with Crippen LogP contribution in [0.2, 0.25) is 0 Å². The number of benzene rings is 2. The van der Waals surface area contributed by atoms with Gasteiger partial charge in [-0.25, -0.2) is 4.98 Å². The topological polar surface area (TPSA) is 72.9 Å². The van der Waals surface area contributed by atoms with E-state index in [1.807, 2.05) is 24.3 Å². The van der Waals surface area contributed by atoms with Gasteiger partial charge in [0.2, 0.25) is 5.91 Å². The van der Waals surface area contributed by atoms with E-state index in [1.165, 1.54) is 5.56 Å². The number of rotatable bonds is 8. The lowest BCUT2D eigenvalue weighted by Gasteiger charge is -2.10. The zero-order valence-electron chi connectivity index (χ0n) is 13.6. The average molecular weight is 322 g/mol. The zero-order chi connectivity index (χ0) is 16.8. The Labute approximate surface area is 141 Å². The fourth-order valence-electron chi connectivity index (χ4n) is 2.80. The predicted molar refractivity (Wildman–Crippen MR) is 95.7 cm³/mol. The van der Waals surface area contributed by atoms with E-state index in [1.54, 1.807) is 0 Å². The molecule has 0 saturated carbocycles. The number of aromatic nitrogens is 2. The molecule has 0 atom stereocenters. The van der Waals surface area contributed by atoms with Crippen molar-refractivity contribution in [1.29, 1.82) is 0 Å². The van der Waals surface area contributed by atoms with Crippen molar-refractivity contribution >= 4 is 16.9 Å². The third-order valence-electron chi connectivity index (χ3n) is 3.99. The van der Waals surface area contributed by atoms with Crippen molar-refractivity contribution < 1.29 is 4.79 Å². The van der Waals surface area contributed by atoms with Gasteiger partial charge in [-0.2, -0.15) is 0 Å². The van der Waals surface area contributed by atoms with E-state index in [4.69, 9.17) is 10.7 Å². The molecule has 24 heavy (non-hydrogen) atoms. The van der Waals surface area contributed by atoms with Gasteiger partial charge in [0.1, 0.15) is 5.82 Å². The minimum absolute atomic E-state index is 0.279. The smallest absolute Gasteiger partial charge is 0.218 e. The number of hydrogen-bond acceptors (Lipinski definition) is 3. The third kappa shape index (κ3) is 4.00. The van der Waals surface area contributed by atoms with Crippen LogP contribution in [0.4, 0.5) is 0 Å². The summed E-state index contributed by atoms with van der Waals surface area (Å²) in [6, 6.07) is 18.6. The fourth-order valence-corrected chi connectivity index (χ4v) is 2.80. The van der Waals surface area contributed by atoms with E-state index < -0.39 is 0 Å². The number of nitrogens with two attached hydrogens (primary N) is 1. The van der Waals surface area contributed by atoms with Crippen molar-refractivity contribution in [3.8, 4) is 0 Å². The molecule has 3 rings (SSSR count). The maximum Gasteiger partial charge on any atom is 0.218 e. The van der Waals surface area contributed by atoms with Crippen LogP contribution in [-0.4, -0.2) is 28.5 Å². The largest absolute Gasteiger partial charge is 0.370 e. The Morgan fingerprint density at radius 1 is 1.04 bits per heavy atom. The Balaban J connectivity index is 1.76. The molecule has 3 aromatic rings. The van der Waals surface area contributed by atoms with E-state index in [0.29, 0.717) is 13.0 Å². The van der Waals surface area contributed by atoms with Crippen LogP contribution in [0, 0.1) is 0 Å². The minimum Gasteiger partial charge on any atom is -0.370 e. The number of para-hydroxylation sites is 2. The number of primary amides is 1. The summed E-state index contributed by atoms with van der Waals surface area (Å²) < 4.78 is 2.26. The molecule has 0 bridgehead atoms. The monoisotopic (exact) mass is 322 g/mol. The lowest BCUT2D eigenvalue weighted by molar-refractivity contribution is -0.117. The molecule has 2 aromatic carbocycles. The number of nitrogens with zero attached hydrogens (tertiary/aromatic N) is 2. The first-order valence-electron chi connectivity index (χ1n) is 8.21. The van der Waals surface area contributed by atoms with Crippen LogP contribution in [0.15, 0.2) is 54.6 Å². The van der Waals surface area contributed by atoms with Gasteiger partial charge in [-0.1, -0.05) is 42.5 Å². The Morgan fingerprint density at radius 2 is 1.79 bits per heavy atom. The van der Waals surface area contributed by atoms with Crippen molar-refractivity contribution in [3.63, 3.8) is 0 Å². The van der Waals surface area contributed by atoms with Crippen LogP contribution >= 0.6 is 0 Å². The summed E-state index contributed by atoms with van der Waals surface area (Å²) in [6.45, 7) is 2.18. The molecule has 0 spiro atoms. The van der Waals surface area contributed by atoms with Gasteiger partial charge >= 0.3 is 0 Å². The highest BCUT2D eigenvalue weighted by Crippen LogP contribution is 2.18. The molecule has 1 amide bonds. The Hall–Kier alpha value is -2.66. The van der Waals surface area contributed by atoms with E-state index in [0.717, 1.165) is 36.4 Å². The highest BCUT2D eigenvalue weighted by atomic mass is 16.1. The molecule has 5 heteroatoms. The standard InChI is InChI=1S/C19H22N4O/c20-18(24)10-12-21-13-11-19-22-16-8-4-5-9-17(16)23(19)14-15-6-2-1-3-7-15/h1-9,21H,10-14H2,(H2,20,24). The lowest BCUT2D eigenvalue weighted by Crippen LogP contribution is -2.24. The number of carbonyl (C=O) groups is 1. The van der Waals surface area contributed by atoms with E-state index in [9.17, 15) is 4.79 Å². The van der Waals surface area contributed by atoms with Gasteiger partial charge in [0.25, 0.3) is 0 Å². The average Bonchev–Trinajstić information content (AvgIpc) is 2.93. The van der Waals surface area contributed by atoms with Crippen LogP contribution in [0.3, 0.4) is 0 Å². The molecule has 5 nitrogen and oxygen atoms in total. The lowest BCUT2D eigenvalue weighted by atomic mass is 10.2. The van der Waals surface area contributed by atoms with Crippen LogP contribution < -0.4 is 11.1 Å². The molecule has 0 aliphatic carbocycles. The number of nitrogens with one attached hydrogen (secondary N) is 1. The summed E-state index contributed by atoms with van der Waals surface area (Å²) >= 11 is 0. The summed E-state index contributed by atoms with van der Waals surface area (Å²) in [4.78, 5) is 15.5. The third-order valence-corrected chi connectivity index (χ3v) is 3.99. The number of amides is 1. The first-order chi connectivity index (χ1) is 11.7. The van der Waals surface area contributed by atoms with Gasteiger partial charge < -0.3 is 15.6 Å². The SMILES string of the molecule is NC(=O)CCNCCc1nc2ccccc2n1Cc1ccccc1. The first-order valence-corrected chi connectivity index (χ1v) is 8.21. The molecule has 0 aliphatic rings. The highest BCUT2D eigenvalue weighted by Gasteiger charge is 2.10. The molecule has 0 unspecified atom stereocenters. The summed E-state index contributed by atoms with van der Waals surface area (Å²) in [7, 11) is 0. The second-order valence-electron chi connectivity index (χ2n) is 5.80.